The molecule has 0 spiro atoms. The van der Waals surface area contributed by atoms with Crippen molar-refractivity contribution in [2.24, 2.45) is 0 Å². The van der Waals surface area contributed by atoms with Gasteiger partial charge in [0.15, 0.2) is 0 Å². The number of carbonyl (C=O) groups excluding carboxylic acids is 2. The van der Waals surface area contributed by atoms with Crippen LogP contribution in [0.25, 0.3) is 0 Å². The maximum atomic E-state index is 13.4. The van der Waals surface area contributed by atoms with Gasteiger partial charge in [-0.1, -0.05) is 48.3 Å². The largest absolute Gasteiger partial charge is 0.492 e. The van der Waals surface area contributed by atoms with Crippen molar-refractivity contribution in [2.75, 3.05) is 30.3 Å². The van der Waals surface area contributed by atoms with Crippen LogP contribution in [0.4, 0.5) is 5.69 Å². The van der Waals surface area contributed by atoms with Gasteiger partial charge in [-0.15, -0.1) is 0 Å². The average Bonchev–Trinajstić information content (AvgIpc) is 2.85. The SMILES string of the molecule is CCCNC(=O)[C@H](C)N(Cc1ccc(Cl)c(Cl)c1)C(=O)CCCN(c1ccccc1OCC)S(C)(=O)=O. The Morgan fingerprint density at radius 3 is 2.41 bits per heavy atom. The van der Waals surface area contributed by atoms with E-state index in [0.717, 1.165) is 18.2 Å². The molecule has 204 valence electrons. The Hall–Kier alpha value is -2.49. The predicted molar refractivity (Wildman–Crippen MR) is 149 cm³/mol. The minimum Gasteiger partial charge on any atom is -0.492 e. The molecule has 0 aliphatic heterocycles. The van der Waals surface area contributed by atoms with Crippen LogP contribution in [0.2, 0.25) is 10.0 Å². The topological polar surface area (TPSA) is 96.0 Å². The quantitative estimate of drug-likeness (QED) is 0.348. The molecule has 0 saturated heterocycles. The number of carbonyl (C=O) groups is 2. The van der Waals surface area contributed by atoms with Gasteiger partial charge in [-0.3, -0.25) is 13.9 Å². The van der Waals surface area contributed by atoms with Crippen LogP contribution in [-0.4, -0.2) is 57.1 Å². The van der Waals surface area contributed by atoms with Gasteiger partial charge in [0.25, 0.3) is 0 Å². The van der Waals surface area contributed by atoms with Crippen molar-refractivity contribution in [3.8, 4) is 5.75 Å². The third-order valence-electron chi connectivity index (χ3n) is 5.64. The van der Waals surface area contributed by atoms with Crippen LogP contribution < -0.4 is 14.4 Å². The van der Waals surface area contributed by atoms with Crippen molar-refractivity contribution in [3.05, 3.63) is 58.1 Å². The van der Waals surface area contributed by atoms with Crippen molar-refractivity contribution >= 4 is 50.7 Å². The molecule has 0 aromatic heterocycles. The molecule has 0 bridgehead atoms. The molecule has 37 heavy (non-hydrogen) atoms. The second-order valence-electron chi connectivity index (χ2n) is 8.58. The Kier molecular flexibility index (Phi) is 12.0. The first-order valence-corrected chi connectivity index (χ1v) is 14.8. The molecule has 0 fully saturated rings. The molecule has 0 aliphatic carbocycles. The van der Waals surface area contributed by atoms with Gasteiger partial charge in [-0.2, -0.15) is 0 Å². The van der Waals surface area contributed by atoms with E-state index in [1.165, 1.54) is 9.21 Å². The summed E-state index contributed by atoms with van der Waals surface area (Å²) < 4.78 is 32.0. The van der Waals surface area contributed by atoms with Gasteiger partial charge >= 0.3 is 0 Å². The van der Waals surface area contributed by atoms with E-state index in [4.69, 9.17) is 27.9 Å². The number of nitrogens with zero attached hydrogens (tertiary/aromatic N) is 2. The fourth-order valence-corrected chi connectivity index (χ4v) is 5.03. The molecule has 1 atom stereocenters. The Bertz CT molecular complexity index is 1180. The third kappa shape index (κ3) is 9.09. The van der Waals surface area contributed by atoms with E-state index in [2.05, 4.69) is 5.32 Å². The summed E-state index contributed by atoms with van der Waals surface area (Å²) in [7, 11) is -3.64. The first-order chi connectivity index (χ1) is 17.5. The normalized spacial score (nSPS) is 12.1. The molecule has 0 unspecified atom stereocenters. The van der Waals surface area contributed by atoms with E-state index in [0.29, 0.717) is 34.6 Å². The minimum atomic E-state index is -3.64. The first kappa shape index (κ1) is 30.7. The maximum Gasteiger partial charge on any atom is 0.242 e. The fourth-order valence-electron chi connectivity index (χ4n) is 3.74. The highest BCUT2D eigenvalue weighted by molar-refractivity contribution is 7.92. The Balaban J connectivity index is 2.22. The summed E-state index contributed by atoms with van der Waals surface area (Å²) in [4.78, 5) is 27.5. The lowest BCUT2D eigenvalue weighted by molar-refractivity contribution is -0.140. The minimum absolute atomic E-state index is 0.0372. The highest BCUT2D eigenvalue weighted by Crippen LogP contribution is 2.30. The lowest BCUT2D eigenvalue weighted by Gasteiger charge is -2.29. The number of anilines is 1. The molecule has 0 radical (unpaired) electrons. The molecule has 0 saturated carbocycles. The summed E-state index contributed by atoms with van der Waals surface area (Å²) in [6, 6.07) is 11.2. The molecule has 8 nitrogen and oxygen atoms in total. The number of ether oxygens (including phenoxy) is 1. The van der Waals surface area contributed by atoms with Crippen LogP contribution in [0.3, 0.4) is 0 Å². The molecule has 2 aromatic rings. The van der Waals surface area contributed by atoms with Gasteiger partial charge < -0.3 is 15.0 Å². The van der Waals surface area contributed by atoms with E-state index in [1.54, 1.807) is 49.4 Å². The second kappa shape index (κ2) is 14.4. The second-order valence-corrected chi connectivity index (χ2v) is 11.3. The number of benzene rings is 2. The molecule has 11 heteroatoms. The number of rotatable bonds is 14. The number of hydrogen-bond donors (Lipinski definition) is 1. The lowest BCUT2D eigenvalue weighted by atomic mass is 10.1. The van der Waals surface area contributed by atoms with Crippen LogP contribution in [0.5, 0.6) is 5.75 Å². The van der Waals surface area contributed by atoms with Gasteiger partial charge in [0, 0.05) is 26.1 Å². The molecule has 2 aromatic carbocycles. The standard InChI is InChI=1S/C26H35Cl2N3O5S/c1-5-15-29-26(33)19(3)30(18-20-13-14-21(27)22(28)17-20)25(32)12-9-16-31(37(4,34)35)23-10-7-8-11-24(23)36-6-2/h7-8,10-11,13-14,17,19H,5-6,9,12,15-16,18H2,1-4H3,(H,29,33)/t19-/m0/s1. The predicted octanol–water partition coefficient (Wildman–Crippen LogP) is 4.88. The number of hydrogen-bond acceptors (Lipinski definition) is 5. The zero-order valence-corrected chi connectivity index (χ0v) is 24.0. The van der Waals surface area contributed by atoms with Crippen molar-refractivity contribution < 1.29 is 22.7 Å². The van der Waals surface area contributed by atoms with E-state index >= 15 is 0 Å². The summed E-state index contributed by atoms with van der Waals surface area (Å²) >= 11 is 12.2. The number of halogens is 2. The lowest BCUT2D eigenvalue weighted by Crippen LogP contribution is -2.47. The average molecular weight is 573 g/mol. The highest BCUT2D eigenvalue weighted by Gasteiger charge is 2.27. The smallest absolute Gasteiger partial charge is 0.242 e. The zero-order valence-electron chi connectivity index (χ0n) is 21.7. The van der Waals surface area contributed by atoms with E-state index in [1.807, 2.05) is 13.8 Å². The molecule has 0 heterocycles. The van der Waals surface area contributed by atoms with E-state index < -0.39 is 16.1 Å². The summed E-state index contributed by atoms with van der Waals surface area (Å²) in [5.74, 6) is -0.0976. The number of sulfonamides is 1. The van der Waals surface area contributed by atoms with Crippen LogP contribution in [0, 0.1) is 0 Å². The van der Waals surface area contributed by atoms with Crippen LogP contribution in [-0.2, 0) is 26.2 Å². The van der Waals surface area contributed by atoms with Crippen LogP contribution >= 0.6 is 23.2 Å². The van der Waals surface area contributed by atoms with Crippen molar-refractivity contribution in [1.29, 1.82) is 0 Å². The summed E-state index contributed by atoms with van der Waals surface area (Å²) in [6.45, 7) is 6.54. The highest BCUT2D eigenvalue weighted by atomic mass is 35.5. The van der Waals surface area contributed by atoms with Gasteiger partial charge in [-0.05, 0) is 56.5 Å². The van der Waals surface area contributed by atoms with E-state index in [-0.39, 0.29) is 37.7 Å². The number of amides is 2. The Labute approximate surface area is 229 Å². The number of nitrogens with one attached hydrogen (secondary N) is 1. The van der Waals surface area contributed by atoms with Crippen molar-refractivity contribution in [1.82, 2.24) is 10.2 Å². The fraction of sp³-hybridized carbons (Fsp3) is 0.462. The van der Waals surface area contributed by atoms with Gasteiger partial charge in [0.05, 0.1) is 28.6 Å². The molecule has 2 rings (SSSR count). The zero-order chi connectivity index (χ0) is 27.6. The van der Waals surface area contributed by atoms with Gasteiger partial charge in [-0.25, -0.2) is 8.42 Å². The van der Waals surface area contributed by atoms with Gasteiger partial charge in [0.1, 0.15) is 11.8 Å². The number of para-hydroxylation sites is 2. The maximum absolute atomic E-state index is 13.4. The summed E-state index contributed by atoms with van der Waals surface area (Å²) in [6.07, 6.45) is 2.17. The third-order valence-corrected chi connectivity index (χ3v) is 7.56. The monoisotopic (exact) mass is 571 g/mol. The van der Waals surface area contributed by atoms with Crippen molar-refractivity contribution in [3.63, 3.8) is 0 Å². The summed E-state index contributed by atoms with van der Waals surface area (Å²) in [5, 5.41) is 3.57. The molecule has 2 amide bonds. The molecular weight excluding hydrogens is 537 g/mol. The van der Waals surface area contributed by atoms with E-state index in [9.17, 15) is 18.0 Å². The first-order valence-electron chi connectivity index (χ1n) is 12.2. The molecule has 0 aliphatic rings. The van der Waals surface area contributed by atoms with Crippen LogP contribution in [0.15, 0.2) is 42.5 Å². The Morgan fingerprint density at radius 1 is 1.08 bits per heavy atom. The van der Waals surface area contributed by atoms with Crippen molar-refractivity contribution in [2.45, 2.75) is 52.6 Å². The van der Waals surface area contributed by atoms with Gasteiger partial charge in [0.2, 0.25) is 21.8 Å². The Morgan fingerprint density at radius 2 is 1.78 bits per heavy atom. The molecule has 1 N–H and O–H groups in total. The molecular formula is C26H35Cl2N3O5S. The summed E-state index contributed by atoms with van der Waals surface area (Å²) in [5.41, 5.74) is 1.14. The van der Waals surface area contributed by atoms with Crippen LogP contribution in [0.1, 0.15) is 45.6 Å².